The van der Waals surface area contributed by atoms with Crippen molar-refractivity contribution in [2.45, 2.75) is 73.1 Å². The SMILES string of the molecule is C/C(=C\CN1CN(C)c2ncnc(N)c21)CC[C@]1(C)[C@H]2CCC(=O)[C@@H](C)[C@]2(C)CC[C@H]1C. The van der Waals surface area contributed by atoms with Crippen molar-refractivity contribution in [3.8, 4) is 0 Å². The Hall–Kier alpha value is -2.11. The van der Waals surface area contributed by atoms with E-state index in [1.165, 1.54) is 31.2 Å². The van der Waals surface area contributed by atoms with E-state index in [0.29, 0.717) is 23.4 Å². The van der Waals surface area contributed by atoms with Crippen molar-refractivity contribution >= 4 is 23.1 Å². The third-order valence-corrected chi connectivity index (χ3v) is 9.60. The molecule has 1 aromatic heterocycles. The lowest BCUT2D eigenvalue weighted by Crippen LogP contribution is -2.54. The summed E-state index contributed by atoms with van der Waals surface area (Å²) in [5.74, 6) is 3.47. The average molecular weight is 440 g/mol. The number of allylic oxidation sites excluding steroid dienone is 1. The van der Waals surface area contributed by atoms with Crippen LogP contribution in [-0.2, 0) is 4.79 Å². The maximum Gasteiger partial charge on any atom is 0.159 e. The second-order valence-electron chi connectivity index (χ2n) is 11.3. The molecule has 5 atom stereocenters. The smallest absolute Gasteiger partial charge is 0.159 e. The van der Waals surface area contributed by atoms with Gasteiger partial charge in [0, 0.05) is 25.9 Å². The van der Waals surface area contributed by atoms with Gasteiger partial charge in [-0.05, 0) is 61.7 Å². The van der Waals surface area contributed by atoms with Gasteiger partial charge in [0.1, 0.15) is 17.8 Å². The van der Waals surface area contributed by atoms with E-state index < -0.39 is 0 Å². The number of nitrogen functional groups attached to an aromatic ring is 1. The molecule has 1 aliphatic heterocycles. The molecule has 0 saturated heterocycles. The molecule has 1 aromatic rings. The van der Waals surface area contributed by atoms with Crippen LogP contribution in [0.2, 0.25) is 0 Å². The van der Waals surface area contributed by atoms with Crippen molar-refractivity contribution in [2.24, 2.45) is 28.6 Å². The number of nitrogens with two attached hydrogens (primary N) is 1. The minimum absolute atomic E-state index is 0.162. The standard InChI is InChI=1S/C26H41N5O/c1-17(11-14-31-16-30(6)24-22(31)23(27)28-15-29-24)9-12-25(4)18(2)10-13-26(5)19(3)20(32)7-8-21(25)26/h11,15,18-19,21H,7-10,12-14,16H2,1-6H3,(H2,27,28,29)/b17-11+/t18-,19-,21-,25+,26+/m1/s1. The number of ketones is 1. The van der Waals surface area contributed by atoms with Gasteiger partial charge >= 0.3 is 0 Å². The van der Waals surface area contributed by atoms with E-state index in [0.717, 1.165) is 44.0 Å². The number of aromatic nitrogens is 2. The maximum atomic E-state index is 12.5. The Kier molecular flexibility index (Phi) is 6.01. The summed E-state index contributed by atoms with van der Waals surface area (Å²) < 4.78 is 0. The van der Waals surface area contributed by atoms with Crippen LogP contribution in [0.1, 0.15) is 73.1 Å². The number of Topliss-reactive ketones (excluding diaryl/α,β-unsaturated/α-hetero) is 1. The van der Waals surface area contributed by atoms with Crippen LogP contribution in [0, 0.1) is 28.6 Å². The van der Waals surface area contributed by atoms with Crippen LogP contribution in [0.5, 0.6) is 0 Å². The van der Waals surface area contributed by atoms with Gasteiger partial charge in [-0.2, -0.15) is 0 Å². The zero-order chi connectivity index (χ0) is 23.3. The molecule has 0 bridgehead atoms. The lowest BCUT2D eigenvalue weighted by molar-refractivity contribution is -0.148. The van der Waals surface area contributed by atoms with Gasteiger partial charge < -0.3 is 15.5 Å². The summed E-state index contributed by atoms with van der Waals surface area (Å²) in [5, 5.41) is 0. The molecule has 176 valence electrons. The molecule has 6 heteroatoms. The highest BCUT2D eigenvalue weighted by atomic mass is 16.1. The molecule has 0 aromatic carbocycles. The van der Waals surface area contributed by atoms with Crippen molar-refractivity contribution in [1.29, 1.82) is 0 Å². The number of carbonyl (C=O) groups is 1. The first-order chi connectivity index (χ1) is 15.1. The fourth-order valence-electron chi connectivity index (χ4n) is 6.94. The highest BCUT2D eigenvalue weighted by Gasteiger charge is 2.56. The molecule has 4 rings (SSSR count). The second kappa shape index (κ2) is 8.35. The zero-order valence-corrected chi connectivity index (χ0v) is 20.8. The molecular weight excluding hydrogens is 398 g/mol. The summed E-state index contributed by atoms with van der Waals surface area (Å²) in [6.45, 7) is 13.4. The third kappa shape index (κ3) is 3.69. The van der Waals surface area contributed by atoms with Gasteiger partial charge in [0.05, 0.1) is 6.67 Å². The Labute approximate surface area is 193 Å². The van der Waals surface area contributed by atoms with Crippen molar-refractivity contribution in [3.63, 3.8) is 0 Å². The van der Waals surface area contributed by atoms with Crippen molar-refractivity contribution in [2.75, 3.05) is 35.8 Å². The van der Waals surface area contributed by atoms with Gasteiger partial charge in [0.25, 0.3) is 0 Å². The second-order valence-corrected chi connectivity index (χ2v) is 11.3. The minimum Gasteiger partial charge on any atom is -0.382 e. The van der Waals surface area contributed by atoms with Crippen molar-refractivity contribution in [1.82, 2.24) is 9.97 Å². The number of hydrogen-bond acceptors (Lipinski definition) is 6. The topological polar surface area (TPSA) is 75.3 Å². The molecule has 2 saturated carbocycles. The van der Waals surface area contributed by atoms with Crippen LogP contribution in [0.4, 0.5) is 17.3 Å². The number of rotatable bonds is 5. The number of carbonyl (C=O) groups excluding carboxylic acids is 1. The Balaban J connectivity index is 1.45. The number of nitrogens with zero attached hydrogens (tertiary/aromatic N) is 4. The summed E-state index contributed by atoms with van der Waals surface area (Å²) in [6.07, 6.45) is 10.4. The lowest BCUT2D eigenvalue weighted by atomic mass is 9.44. The van der Waals surface area contributed by atoms with Crippen LogP contribution >= 0.6 is 0 Å². The van der Waals surface area contributed by atoms with Crippen molar-refractivity contribution in [3.05, 3.63) is 18.0 Å². The molecule has 3 aliphatic rings. The summed E-state index contributed by atoms with van der Waals surface area (Å²) >= 11 is 0. The largest absolute Gasteiger partial charge is 0.382 e. The monoisotopic (exact) mass is 439 g/mol. The van der Waals surface area contributed by atoms with Gasteiger partial charge in [-0.3, -0.25) is 4.79 Å². The molecule has 2 fully saturated rings. The van der Waals surface area contributed by atoms with E-state index in [-0.39, 0.29) is 16.7 Å². The lowest BCUT2D eigenvalue weighted by Gasteiger charge is -2.59. The molecule has 2 aliphatic carbocycles. The highest BCUT2D eigenvalue weighted by molar-refractivity contribution is 5.82. The average Bonchev–Trinajstić information content (AvgIpc) is 3.09. The first-order valence-electron chi connectivity index (χ1n) is 12.3. The van der Waals surface area contributed by atoms with E-state index in [4.69, 9.17) is 5.73 Å². The van der Waals surface area contributed by atoms with Crippen LogP contribution in [0.25, 0.3) is 0 Å². The van der Waals surface area contributed by atoms with E-state index in [1.54, 1.807) is 0 Å². The van der Waals surface area contributed by atoms with Crippen LogP contribution in [0.15, 0.2) is 18.0 Å². The number of fused-ring (bicyclic) bond motifs is 2. The van der Waals surface area contributed by atoms with Gasteiger partial charge in [-0.25, -0.2) is 9.97 Å². The fraction of sp³-hybridized carbons (Fsp3) is 0.731. The molecule has 2 heterocycles. The van der Waals surface area contributed by atoms with E-state index in [1.807, 2.05) is 7.05 Å². The molecule has 0 unspecified atom stereocenters. The van der Waals surface area contributed by atoms with Crippen LogP contribution < -0.4 is 15.5 Å². The van der Waals surface area contributed by atoms with Gasteiger partial charge in [0.15, 0.2) is 11.6 Å². The quantitative estimate of drug-likeness (QED) is 0.647. The summed E-state index contributed by atoms with van der Waals surface area (Å²) in [5.41, 5.74) is 8.98. The first kappa shape index (κ1) is 23.1. The van der Waals surface area contributed by atoms with E-state index in [9.17, 15) is 4.79 Å². The predicted molar refractivity (Wildman–Crippen MR) is 132 cm³/mol. The predicted octanol–water partition coefficient (Wildman–Crippen LogP) is 5.06. The van der Waals surface area contributed by atoms with E-state index in [2.05, 4.69) is 60.5 Å². The van der Waals surface area contributed by atoms with Crippen LogP contribution in [0.3, 0.4) is 0 Å². The minimum atomic E-state index is 0.162. The normalized spacial score (nSPS) is 35.1. The number of hydrogen-bond donors (Lipinski definition) is 1. The summed E-state index contributed by atoms with van der Waals surface area (Å²) in [7, 11) is 2.04. The molecule has 0 radical (unpaired) electrons. The Morgan fingerprint density at radius 1 is 1.28 bits per heavy atom. The first-order valence-corrected chi connectivity index (χ1v) is 12.3. The summed E-state index contributed by atoms with van der Waals surface area (Å²) in [4.78, 5) is 25.5. The molecule has 32 heavy (non-hydrogen) atoms. The van der Waals surface area contributed by atoms with Gasteiger partial charge in [-0.1, -0.05) is 39.3 Å². The Bertz CT molecular complexity index is 913. The zero-order valence-electron chi connectivity index (χ0n) is 20.8. The fourth-order valence-corrected chi connectivity index (χ4v) is 6.94. The van der Waals surface area contributed by atoms with Crippen LogP contribution in [-0.4, -0.2) is 36.0 Å². The highest BCUT2D eigenvalue weighted by Crippen LogP contribution is 2.62. The third-order valence-electron chi connectivity index (χ3n) is 9.60. The molecular formula is C26H41N5O. The van der Waals surface area contributed by atoms with Gasteiger partial charge in [0.2, 0.25) is 0 Å². The van der Waals surface area contributed by atoms with Gasteiger partial charge in [-0.15, -0.1) is 0 Å². The molecule has 0 amide bonds. The molecule has 6 nitrogen and oxygen atoms in total. The van der Waals surface area contributed by atoms with E-state index >= 15 is 0 Å². The number of anilines is 3. The summed E-state index contributed by atoms with van der Waals surface area (Å²) in [6, 6.07) is 0. The Morgan fingerprint density at radius 2 is 2.03 bits per heavy atom. The maximum absolute atomic E-state index is 12.5. The molecule has 0 spiro atoms. The Morgan fingerprint density at radius 3 is 2.78 bits per heavy atom. The molecule has 2 N–H and O–H groups in total. The van der Waals surface area contributed by atoms with Crippen molar-refractivity contribution < 1.29 is 4.79 Å².